The average molecular weight is 393 g/mol. The Morgan fingerprint density at radius 1 is 1.35 bits per heavy atom. The Morgan fingerprint density at radius 3 is 2.96 bits per heavy atom. The van der Waals surface area contributed by atoms with Crippen LogP contribution in [-0.2, 0) is 17.6 Å². The maximum Gasteiger partial charge on any atom is 0.263 e. The van der Waals surface area contributed by atoms with Crippen LogP contribution in [0.15, 0.2) is 9.95 Å². The number of hydrogen-bond acceptors (Lipinski definition) is 5. The zero-order valence-electron chi connectivity index (χ0n) is 15.8. The molecular formula is C20H28N2O2S2. The second-order valence-corrected chi connectivity index (χ2v) is 9.68. The third kappa shape index (κ3) is 3.48. The topological polar surface area (TPSA) is 44.1 Å². The average Bonchev–Trinajstić information content (AvgIpc) is 3.22. The Bertz CT molecular complexity index is 836. The van der Waals surface area contributed by atoms with Crippen molar-refractivity contribution in [1.29, 1.82) is 0 Å². The molecule has 0 saturated carbocycles. The third-order valence-electron chi connectivity index (χ3n) is 5.74. The Morgan fingerprint density at radius 2 is 2.19 bits per heavy atom. The lowest BCUT2D eigenvalue weighted by molar-refractivity contribution is 0.189. The van der Waals surface area contributed by atoms with E-state index in [4.69, 9.17) is 9.72 Å². The van der Waals surface area contributed by atoms with Gasteiger partial charge in [0.1, 0.15) is 4.83 Å². The van der Waals surface area contributed by atoms with Crippen molar-refractivity contribution in [2.24, 2.45) is 5.92 Å². The fourth-order valence-corrected chi connectivity index (χ4v) is 6.47. The summed E-state index contributed by atoms with van der Waals surface area (Å²) in [5.74, 6) is 1.57. The van der Waals surface area contributed by atoms with Crippen molar-refractivity contribution in [1.82, 2.24) is 9.55 Å². The molecule has 0 spiro atoms. The molecule has 2 unspecified atom stereocenters. The van der Waals surface area contributed by atoms with Crippen LogP contribution in [-0.4, -0.2) is 28.5 Å². The number of ether oxygens (including phenoxy) is 1. The van der Waals surface area contributed by atoms with Gasteiger partial charge in [0, 0.05) is 23.3 Å². The standard InChI is InChI=1S/C20H28N2O2S2/c1-3-13(2)22-19(23)17-15-7-5-4-6-8-16(15)26-18(17)21-20(22)25-12-14-9-10-24-11-14/h13-14H,3-12H2,1-2H3. The summed E-state index contributed by atoms with van der Waals surface area (Å²) in [7, 11) is 0. The van der Waals surface area contributed by atoms with Gasteiger partial charge >= 0.3 is 0 Å². The maximum absolute atomic E-state index is 13.5. The van der Waals surface area contributed by atoms with E-state index < -0.39 is 0 Å². The van der Waals surface area contributed by atoms with Gasteiger partial charge in [-0.25, -0.2) is 4.98 Å². The SMILES string of the molecule is CCC(C)n1c(SCC2CCOC2)nc2sc3c(c2c1=O)CCCCC3. The number of aryl methyl sites for hydroxylation is 2. The molecule has 0 N–H and O–H groups in total. The van der Waals surface area contributed by atoms with Crippen molar-refractivity contribution in [2.75, 3.05) is 19.0 Å². The van der Waals surface area contributed by atoms with Gasteiger partial charge in [0.05, 0.1) is 12.0 Å². The zero-order valence-corrected chi connectivity index (χ0v) is 17.4. The minimum Gasteiger partial charge on any atom is -0.381 e. The van der Waals surface area contributed by atoms with Gasteiger partial charge in [-0.3, -0.25) is 9.36 Å². The van der Waals surface area contributed by atoms with E-state index in [2.05, 4.69) is 13.8 Å². The molecule has 2 aliphatic rings. The number of nitrogens with zero attached hydrogens (tertiary/aromatic N) is 2. The lowest BCUT2D eigenvalue weighted by atomic mass is 10.1. The van der Waals surface area contributed by atoms with Gasteiger partial charge < -0.3 is 4.74 Å². The summed E-state index contributed by atoms with van der Waals surface area (Å²) in [5, 5.41) is 1.82. The minimum atomic E-state index is 0.183. The molecule has 1 aliphatic carbocycles. The van der Waals surface area contributed by atoms with Crippen molar-refractivity contribution in [3.05, 3.63) is 20.8 Å². The van der Waals surface area contributed by atoms with Crippen molar-refractivity contribution in [3.63, 3.8) is 0 Å². The Labute approximate surface area is 163 Å². The molecule has 4 nitrogen and oxygen atoms in total. The van der Waals surface area contributed by atoms with Gasteiger partial charge in [-0.15, -0.1) is 11.3 Å². The van der Waals surface area contributed by atoms with Gasteiger partial charge in [0.2, 0.25) is 0 Å². The van der Waals surface area contributed by atoms with Crippen LogP contribution in [0.1, 0.15) is 62.4 Å². The van der Waals surface area contributed by atoms with Crippen LogP contribution in [0.5, 0.6) is 0 Å². The summed E-state index contributed by atoms with van der Waals surface area (Å²) >= 11 is 3.51. The van der Waals surface area contributed by atoms with E-state index in [9.17, 15) is 4.79 Å². The van der Waals surface area contributed by atoms with Crippen LogP contribution in [0.25, 0.3) is 10.2 Å². The minimum absolute atomic E-state index is 0.183. The summed E-state index contributed by atoms with van der Waals surface area (Å²) in [4.78, 5) is 20.9. The van der Waals surface area contributed by atoms with Crippen LogP contribution in [0.2, 0.25) is 0 Å². The van der Waals surface area contributed by atoms with Crippen molar-refractivity contribution < 1.29 is 4.74 Å². The van der Waals surface area contributed by atoms with Crippen LogP contribution < -0.4 is 5.56 Å². The summed E-state index contributed by atoms with van der Waals surface area (Å²) < 4.78 is 7.48. The molecule has 2 aromatic rings. The first-order chi connectivity index (χ1) is 12.7. The molecule has 3 heterocycles. The number of thiophene rings is 1. The van der Waals surface area contributed by atoms with Crippen molar-refractivity contribution in [2.45, 2.75) is 70.0 Å². The van der Waals surface area contributed by atoms with Gasteiger partial charge in [0.15, 0.2) is 5.16 Å². The predicted octanol–water partition coefficient (Wildman–Crippen LogP) is 4.83. The summed E-state index contributed by atoms with van der Waals surface area (Å²) in [6.45, 7) is 6.00. The lowest BCUT2D eigenvalue weighted by Gasteiger charge is -2.18. The van der Waals surface area contributed by atoms with Gasteiger partial charge in [0.25, 0.3) is 5.56 Å². The molecule has 0 amide bonds. The predicted molar refractivity (Wildman–Crippen MR) is 110 cm³/mol. The highest BCUT2D eigenvalue weighted by Crippen LogP contribution is 2.35. The zero-order chi connectivity index (χ0) is 18.1. The molecule has 6 heteroatoms. The van der Waals surface area contributed by atoms with E-state index >= 15 is 0 Å². The summed E-state index contributed by atoms with van der Waals surface area (Å²) in [5.41, 5.74) is 1.49. The molecule has 26 heavy (non-hydrogen) atoms. The highest BCUT2D eigenvalue weighted by Gasteiger charge is 2.24. The molecule has 0 radical (unpaired) electrons. The van der Waals surface area contributed by atoms with Gasteiger partial charge in [-0.1, -0.05) is 25.1 Å². The Balaban J connectivity index is 1.78. The quantitative estimate of drug-likeness (QED) is 0.415. The molecule has 2 atom stereocenters. The Kier molecular flexibility index (Phi) is 5.72. The second kappa shape index (κ2) is 8.03. The van der Waals surface area contributed by atoms with E-state index in [0.29, 0.717) is 5.92 Å². The third-order valence-corrected chi connectivity index (χ3v) is 8.11. The molecule has 1 saturated heterocycles. The van der Waals surface area contributed by atoms with Gasteiger partial charge in [-0.05, 0) is 56.9 Å². The smallest absolute Gasteiger partial charge is 0.263 e. The highest BCUT2D eigenvalue weighted by atomic mass is 32.2. The van der Waals surface area contributed by atoms with E-state index in [-0.39, 0.29) is 11.6 Å². The number of thioether (sulfide) groups is 1. The lowest BCUT2D eigenvalue weighted by Crippen LogP contribution is -2.26. The summed E-state index contributed by atoms with van der Waals surface area (Å²) in [6.07, 6.45) is 7.92. The number of aromatic nitrogens is 2. The van der Waals surface area contributed by atoms with Crippen molar-refractivity contribution in [3.8, 4) is 0 Å². The van der Waals surface area contributed by atoms with Crippen LogP contribution in [0, 0.1) is 5.92 Å². The number of hydrogen-bond donors (Lipinski definition) is 0. The first-order valence-electron chi connectivity index (χ1n) is 9.96. The normalized spacial score (nSPS) is 21.7. The molecule has 1 aliphatic heterocycles. The van der Waals surface area contributed by atoms with E-state index in [1.807, 2.05) is 4.57 Å². The maximum atomic E-state index is 13.5. The highest BCUT2D eigenvalue weighted by molar-refractivity contribution is 7.99. The van der Waals surface area contributed by atoms with Crippen LogP contribution >= 0.6 is 23.1 Å². The van der Waals surface area contributed by atoms with Crippen molar-refractivity contribution >= 4 is 33.3 Å². The fourth-order valence-electron chi connectivity index (χ4n) is 3.96. The fraction of sp³-hybridized carbons (Fsp3) is 0.700. The van der Waals surface area contributed by atoms with Crippen LogP contribution in [0.4, 0.5) is 0 Å². The molecule has 0 aromatic carbocycles. The first-order valence-corrected chi connectivity index (χ1v) is 11.8. The van der Waals surface area contributed by atoms with Gasteiger partial charge in [-0.2, -0.15) is 0 Å². The van der Waals surface area contributed by atoms with Crippen LogP contribution in [0.3, 0.4) is 0 Å². The summed E-state index contributed by atoms with van der Waals surface area (Å²) in [6, 6.07) is 0.183. The largest absolute Gasteiger partial charge is 0.381 e. The Hall–Kier alpha value is -0.850. The van der Waals surface area contributed by atoms with E-state index in [0.717, 1.165) is 60.0 Å². The first kappa shape index (κ1) is 18.5. The molecule has 2 aromatic heterocycles. The van der Waals surface area contributed by atoms with E-state index in [1.165, 1.54) is 29.7 Å². The second-order valence-electron chi connectivity index (χ2n) is 7.61. The molecule has 4 rings (SSSR count). The number of rotatable bonds is 5. The molecule has 1 fully saturated rings. The van der Waals surface area contributed by atoms with E-state index in [1.54, 1.807) is 23.1 Å². The molecule has 0 bridgehead atoms. The molecular weight excluding hydrogens is 364 g/mol. The monoisotopic (exact) mass is 392 g/mol. The number of fused-ring (bicyclic) bond motifs is 3. The molecule has 142 valence electrons.